The van der Waals surface area contributed by atoms with Crippen molar-refractivity contribution in [3.63, 3.8) is 0 Å². The zero-order chi connectivity index (χ0) is 10.7. The van der Waals surface area contributed by atoms with Gasteiger partial charge < -0.3 is 4.74 Å². The van der Waals surface area contributed by atoms with E-state index in [4.69, 9.17) is 4.74 Å². The molecule has 0 saturated heterocycles. The molecule has 1 rings (SSSR count). The molecule has 0 saturated carbocycles. The van der Waals surface area contributed by atoms with Gasteiger partial charge in [0, 0.05) is 0 Å². The summed E-state index contributed by atoms with van der Waals surface area (Å²) < 4.78 is 18.3. The highest BCUT2D eigenvalue weighted by molar-refractivity contribution is 5.80. The largest absolute Gasteiger partial charge is 0.480 e. The Labute approximate surface area is 82.7 Å². The Bertz CT molecular complexity index is 347. The minimum Gasteiger partial charge on any atom is -0.480 e. The number of ketones is 1. The molecule has 14 heavy (non-hydrogen) atoms. The maximum atomic E-state index is 13.2. The fourth-order valence-corrected chi connectivity index (χ4v) is 0.974. The van der Waals surface area contributed by atoms with Crippen molar-refractivity contribution in [2.45, 2.75) is 26.9 Å². The molecule has 0 aliphatic heterocycles. The lowest BCUT2D eigenvalue weighted by Gasteiger charge is -2.12. The predicted octanol–water partition coefficient (Wildman–Crippen LogP) is 2.49. The normalized spacial score (nSPS) is 12.3. The van der Waals surface area contributed by atoms with E-state index in [2.05, 4.69) is 0 Å². The van der Waals surface area contributed by atoms with Crippen LogP contribution in [0.15, 0.2) is 18.2 Å². The Hall–Kier alpha value is -1.38. The summed E-state index contributed by atoms with van der Waals surface area (Å²) in [6.07, 6.45) is -0.605. The van der Waals surface area contributed by atoms with Crippen LogP contribution in [0.3, 0.4) is 0 Å². The average molecular weight is 196 g/mol. The fraction of sp³-hybridized carbons (Fsp3) is 0.364. The molecule has 0 radical (unpaired) electrons. The first-order chi connectivity index (χ1) is 6.50. The molecule has 0 N–H and O–H groups in total. The van der Waals surface area contributed by atoms with Crippen LogP contribution in [-0.2, 0) is 4.79 Å². The van der Waals surface area contributed by atoms with Crippen LogP contribution in [0, 0.1) is 12.7 Å². The highest BCUT2D eigenvalue weighted by Gasteiger charge is 2.12. The number of aryl methyl sites for hydroxylation is 1. The first-order valence-electron chi connectivity index (χ1n) is 4.44. The second-order valence-electron chi connectivity index (χ2n) is 3.30. The monoisotopic (exact) mass is 196 g/mol. The molecule has 76 valence electrons. The zero-order valence-electron chi connectivity index (χ0n) is 8.50. The molecule has 0 amide bonds. The molecule has 1 unspecified atom stereocenters. The third-order valence-corrected chi connectivity index (χ3v) is 1.96. The van der Waals surface area contributed by atoms with Gasteiger partial charge in [-0.15, -0.1) is 0 Å². The topological polar surface area (TPSA) is 26.3 Å². The van der Waals surface area contributed by atoms with Crippen LogP contribution >= 0.6 is 0 Å². The van der Waals surface area contributed by atoms with Crippen molar-refractivity contribution in [3.8, 4) is 5.75 Å². The summed E-state index contributed by atoms with van der Waals surface area (Å²) in [7, 11) is 0. The molecule has 1 atom stereocenters. The van der Waals surface area contributed by atoms with Crippen LogP contribution in [0.4, 0.5) is 4.39 Å². The Morgan fingerprint density at radius 1 is 1.50 bits per heavy atom. The highest BCUT2D eigenvalue weighted by Crippen LogP contribution is 2.19. The SMILES string of the molecule is CC(=O)C(C)Oc1cc(C)ccc1F. The molecule has 0 aliphatic carbocycles. The van der Waals surface area contributed by atoms with Gasteiger partial charge in [-0.2, -0.15) is 0 Å². The van der Waals surface area contributed by atoms with Gasteiger partial charge in [0.05, 0.1) is 0 Å². The minimum atomic E-state index is -0.605. The van der Waals surface area contributed by atoms with Gasteiger partial charge in [-0.3, -0.25) is 4.79 Å². The van der Waals surface area contributed by atoms with Gasteiger partial charge in [0.15, 0.2) is 23.5 Å². The predicted molar refractivity (Wildman–Crippen MR) is 51.9 cm³/mol. The maximum Gasteiger partial charge on any atom is 0.169 e. The van der Waals surface area contributed by atoms with E-state index in [1.807, 2.05) is 6.92 Å². The number of halogens is 1. The van der Waals surface area contributed by atoms with E-state index in [0.717, 1.165) is 5.56 Å². The summed E-state index contributed by atoms with van der Waals surface area (Å²) in [5.74, 6) is -0.428. The summed E-state index contributed by atoms with van der Waals surface area (Å²) in [5, 5.41) is 0. The molecule has 2 nitrogen and oxygen atoms in total. The van der Waals surface area contributed by atoms with Crippen LogP contribution in [0.25, 0.3) is 0 Å². The van der Waals surface area contributed by atoms with Gasteiger partial charge in [-0.25, -0.2) is 4.39 Å². The summed E-state index contributed by atoms with van der Waals surface area (Å²) in [6, 6.07) is 4.56. The summed E-state index contributed by atoms with van der Waals surface area (Å²) in [4.78, 5) is 10.9. The lowest BCUT2D eigenvalue weighted by molar-refractivity contribution is -0.122. The molecular formula is C11H13FO2. The third-order valence-electron chi connectivity index (χ3n) is 1.96. The number of rotatable bonds is 3. The van der Waals surface area contributed by atoms with Crippen molar-refractivity contribution >= 4 is 5.78 Å². The first-order valence-corrected chi connectivity index (χ1v) is 4.44. The van der Waals surface area contributed by atoms with Crippen LogP contribution in [0.5, 0.6) is 5.75 Å². The maximum absolute atomic E-state index is 13.2. The fourth-order valence-electron chi connectivity index (χ4n) is 0.974. The molecule has 0 aliphatic rings. The number of hydrogen-bond acceptors (Lipinski definition) is 2. The lowest BCUT2D eigenvalue weighted by Crippen LogP contribution is -2.21. The number of Topliss-reactive ketones (excluding diaryl/α,β-unsaturated/α-hetero) is 1. The molecule has 0 aromatic heterocycles. The van der Waals surface area contributed by atoms with E-state index in [0.29, 0.717) is 0 Å². The van der Waals surface area contributed by atoms with E-state index in [1.54, 1.807) is 19.1 Å². The summed E-state index contributed by atoms with van der Waals surface area (Å²) in [5.41, 5.74) is 0.900. The Kier molecular flexibility index (Phi) is 3.23. The summed E-state index contributed by atoms with van der Waals surface area (Å²) >= 11 is 0. The highest BCUT2D eigenvalue weighted by atomic mass is 19.1. The zero-order valence-corrected chi connectivity index (χ0v) is 8.50. The molecule has 0 heterocycles. The molecule has 0 bridgehead atoms. The number of ether oxygens (including phenoxy) is 1. The van der Waals surface area contributed by atoms with E-state index < -0.39 is 11.9 Å². The van der Waals surface area contributed by atoms with Crippen molar-refractivity contribution in [2.24, 2.45) is 0 Å². The quantitative estimate of drug-likeness (QED) is 0.742. The van der Waals surface area contributed by atoms with Crippen molar-refractivity contribution < 1.29 is 13.9 Å². The Morgan fingerprint density at radius 2 is 2.14 bits per heavy atom. The molecule has 3 heteroatoms. The molecule has 0 spiro atoms. The van der Waals surface area contributed by atoms with E-state index in [-0.39, 0.29) is 11.5 Å². The van der Waals surface area contributed by atoms with Gasteiger partial charge in [0.1, 0.15) is 0 Å². The number of hydrogen-bond donors (Lipinski definition) is 0. The van der Waals surface area contributed by atoms with Gasteiger partial charge >= 0.3 is 0 Å². The molecule has 1 aromatic carbocycles. The minimum absolute atomic E-state index is 0.120. The molecular weight excluding hydrogens is 183 g/mol. The average Bonchev–Trinajstić information content (AvgIpc) is 2.11. The van der Waals surface area contributed by atoms with Crippen molar-refractivity contribution in [1.29, 1.82) is 0 Å². The van der Waals surface area contributed by atoms with Gasteiger partial charge in [0.2, 0.25) is 0 Å². The van der Waals surface area contributed by atoms with Gasteiger partial charge in [-0.05, 0) is 38.5 Å². The molecule has 0 fully saturated rings. The molecule has 1 aromatic rings. The van der Waals surface area contributed by atoms with Crippen molar-refractivity contribution in [1.82, 2.24) is 0 Å². The Morgan fingerprint density at radius 3 is 2.71 bits per heavy atom. The number of benzene rings is 1. The van der Waals surface area contributed by atoms with Crippen molar-refractivity contribution in [2.75, 3.05) is 0 Å². The van der Waals surface area contributed by atoms with E-state index in [1.165, 1.54) is 13.0 Å². The lowest BCUT2D eigenvalue weighted by atomic mass is 10.2. The van der Waals surface area contributed by atoms with E-state index in [9.17, 15) is 9.18 Å². The van der Waals surface area contributed by atoms with Crippen LogP contribution < -0.4 is 4.74 Å². The van der Waals surface area contributed by atoms with Crippen molar-refractivity contribution in [3.05, 3.63) is 29.6 Å². The van der Waals surface area contributed by atoms with Crippen LogP contribution in [0.1, 0.15) is 19.4 Å². The number of carbonyl (C=O) groups is 1. The summed E-state index contributed by atoms with van der Waals surface area (Å²) in [6.45, 7) is 4.85. The second kappa shape index (κ2) is 4.22. The van der Waals surface area contributed by atoms with Gasteiger partial charge in [0.25, 0.3) is 0 Å². The van der Waals surface area contributed by atoms with Crippen LogP contribution in [-0.4, -0.2) is 11.9 Å². The number of carbonyl (C=O) groups excluding carboxylic acids is 1. The smallest absolute Gasteiger partial charge is 0.169 e. The third kappa shape index (κ3) is 2.55. The Balaban J connectivity index is 2.85. The first kappa shape index (κ1) is 10.7. The standard InChI is InChI=1S/C11H13FO2/c1-7-4-5-10(12)11(6-7)14-9(3)8(2)13/h4-6,9H,1-3H3. The second-order valence-corrected chi connectivity index (χ2v) is 3.30. The van der Waals surface area contributed by atoms with Crippen LogP contribution in [0.2, 0.25) is 0 Å². The van der Waals surface area contributed by atoms with E-state index >= 15 is 0 Å². The van der Waals surface area contributed by atoms with Gasteiger partial charge in [-0.1, -0.05) is 6.07 Å².